The topological polar surface area (TPSA) is 28.3 Å². The van der Waals surface area contributed by atoms with Crippen molar-refractivity contribution in [2.24, 2.45) is 0 Å². The second kappa shape index (κ2) is 2.15. The Morgan fingerprint density at radius 1 is 1.38 bits per heavy atom. The number of H-pyrrole nitrogens is 1. The largest absolute Gasteiger partial charge is 0.365 e. The van der Waals surface area contributed by atoms with Gasteiger partial charge in [-0.05, 0) is 18.4 Å². The Morgan fingerprint density at radius 3 is 3.00 bits per heavy atom. The van der Waals surface area contributed by atoms with Gasteiger partial charge in [0.2, 0.25) is 0 Å². The third kappa shape index (κ3) is 0.923. The summed E-state index contributed by atoms with van der Waals surface area (Å²) in [7, 11) is 0. The fourth-order valence-corrected chi connectivity index (χ4v) is 1.79. The second-order valence-electron chi connectivity index (χ2n) is 3.77. The minimum atomic E-state index is -0.0373. The standard InChI is InChI=1S/C11H11NO/c1-11(7-13-11)9-4-2-3-8-5-6-12-10(8)9/h2-6,12H,7H2,1H3. The Hall–Kier alpha value is -1.28. The molecule has 2 heteroatoms. The lowest BCUT2D eigenvalue weighted by Gasteiger charge is -2.06. The number of para-hydroxylation sites is 1. The van der Waals surface area contributed by atoms with Crippen molar-refractivity contribution in [2.45, 2.75) is 12.5 Å². The molecule has 3 rings (SSSR count). The molecule has 1 atom stereocenters. The maximum absolute atomic E-state index is 5.44. The van der Waals surface area contributed by atoms with Gasteiger partial charge in [0.25, 0.3) is 0 Å². The summed E-state index contributed by atoms with van der Waals surface area (Å²) >= 11 is 0. The van der Waals surface area contributed by atoms with Crippen LogP contribution in [0.1, 0.15) is 12.5 Å². The molecule has 2 nitrogen and oxygen atoms in total. The summed E-state index contributed by atoms with van der Waals surface area (Å²) in [6, 6.07) is 8.41. The molecule has 0 aliphatic carbocycles. The van der Waals surface area contributed by atoms with Crippen molar-refractivity contribution < 1.29 is 4.74 Å². The van der Waals surface area contributed by atoms with E-state index in [4.69, 9.17) is 4.74 Å². The van der Waals surface area contributed by atoms with Crippen LogP contribution in [0.2, 0.25) is 0 Å². The minimum absolute atomic E-state index is 0.0373. The highest BCUT2D eigenvalue weighted by Gasteiger charge is 2.42. The summed E-state index contributed by atoms with van der Waals surface area (Å²) in [5, 5.41) is 1.26. The van der Waals surface area contributed by atoms with Crippen molar-refractivity contribution in [3.63, 3.8) is 0 Å². The first-order valence-corrected chi connectivity index (χ1v) is 4.50. The number of epoxide rings is 1. The Morgan fingerprint density at radius 2 is 2.23 bits per heavy atom. The van der Waals surface area contributed by atoms with Crippen LogP contribution in [-0.4, -0.2) is 11.6 Å². The summed E-state index contributed by atoms with van der Waals surface area (Å²) in [6.45, 7) is 2.97. The highest BCUT2D eigenvalue weighted by molar-refractivity contribution is 5.83. The first-order chi connectivity index (χ1) is 6.30. The van der Waals surface area contributed by atoms with E-state index >= 15 is 0 Å². The molecule has 66 valence electrons. The van der Waals surface area contributed by atoms with Crippen LogP contribution >= 0.6 is 0 Å². The van der Waals surface area contributed by atoms with Crippen molar-refractivity contribution in [3.05, 3.63) is 36.0 Å². The van der Waals surface area contributed by atoms with Gasteiger partial charge in [-0.15, -0.1) is 0 Å². The first-order valence-electron chi connectivity index (χ1n) is 4.50. The Kier molecular flexibility index (Phi) is 1.18. The predicted octanol–water partition coefficient (Wildman–Crippen LogP) is 2.41. The number of aromatic nitrogens is 1. The van der Waals surface area contributed by atoms with E-state index in [9.17, 15) is 0 Å². The van der Waals surface area contributed by atoms with Crippen molar-refractivity contribution in [2.75, 3.05) is 6.61 Å². The molecule has 0 radical (unpaired) electrons. The molecule has 0 spiro atoms. The molecule has 13 heavy (non-hydrogen) atoms. The average Bonchev–Trinajstić information content (AvgIpc) is 2.72. The van der Waals surface area contributed by atoms with Gasteiger partial charge in [-0.3, -0.25) is 0 Å². The van der Waals surface area contributed by atoms with Gasteiger partial charge in [0.15, 0.2) is 0 Å². The van der Waals surface area contributed by atoms with E-state index in [0.29, 0.717) is 0 Å². The van der Waals surface area contributed by atoms with Crippen molar-refractivity contribution >= 4 is 10.9 Å². The maximum atomic E-state index is 5.44. The lowest BCUT2D eigenvalue weighted by atomic mass is 10.00. The van der Waals surface area contributed by atoms with Crippen molar-refractivity contribution in [1.82, 2.24) is 4.98 Å². The Balaban J connectivity index is 2.33. The van der Waals surface area contributed by atoms with E-state index in [1.54, 1.807) is 0 Å². The fourth-order valence-electron chi connectivity index (χ4n) is 1.79. The molecule has 0 saturated carbocycles. The van der Waals surface area contributed by atoms with Crippen LogP contribution in [0.15, 0.2) is 30.5 Å². The molecule has 2 aromatic rings. The number of rotatable bonds is 1. The highest BCUT2D eigenvalue weighted by atomic mass is 16.6. The molecule has 1 unspecified atom stereocenters. The maximum Gasteiger partial charge on any atom is 0.116 e. The monoisotopic (exact) mass is 173 g/mol. The van der Waals surface area contributed by atoms with Gasteiger partial charge in [-0.2, -0.15) is 0 Å². The molecule has 1 aromatic carbocycles. The normalized spacial score (nSPS) is 26.5. The van der Waals surface area contributed by atoms with E-state index in [1.165, 1.54) is 16.5 Å². The number of nitrogens with one attached hydrogen (secondary N) is 1. The van der Waals surface area contributed by atoms with Gasteiger partial charge in [0.1, 0.15) is 5.60 Å². The van der Waals surface area contributed by atoms with Crippen LogP contribution in [0.4, 0.5) is 0 Å². The molecular formula is C11H11NO. The minimum Gasteiger partial charge on any atom is -0.365 e. The molecule has 0 amide bonds. The molecule has 1 fully saturated rings. The second-order valence-corrected chi connectivity index (χ2v) is 3.77. The zero-order chi connectivity index (χ0) is 8.89. The SMILES string of the molecule is CC1(c2cccc3cc[nH]c23)CO1. The third-order valence-corrected chi connectivity index (χ3v) is 2.73. The van der Waals surface area contributed by atoms with E-state index in [1.807, 2.05) is 6.20 Å². The van der Waals surface area contributed by atoms with Crippen LogP contribution in [-0.2, 0) is 10.3 Å². The smallest absolute Gasteiger partial charge is 0.116 e. The Labute approximate surface area is 76.5 Å². The number of aromatic amines is 1. The number of benzene rings is 1. The third-order valence-electron chi connectivity index (χ3n) is 2.73. The Bertz CT molecular complexity index is 454. The zero-order valence-corrected chi connectivity index (χ0v) is 7.50. The summed E-state index contributed by atoms with van der Waals surface area (Å²) in [4.78, 5) is 3.25. The van der Waals surface area contributed by atoms with E-state index in [0.717, 1.165) is 6.61 Å². The summed E-state index contributed by atoms with van der Waals surface area (Å²) in [5.74, 6) is 0. The highest BCUT2D eigenvalue weighted by Crippen LogP contribution is 2.40. The number of hydrogen-bond donors (Lipinski definition) is 1. The molecule has 1 N–H and O–H groups in total. The molecule has 1 aliphatic rings. The van der Waals surface area contributed by atoms with Crippen LogP contribution in [0.5, 0.6) is 0 Å². The van der Waals surface area contributed by atoms with Gasteiger partial charge in [0, 0.05) is 11.8 Å². The molecule has 0 bridgehead atoms. The molecular weight excluding hydrogens is 162 g/mol. The number of ether oxygens (including phenoxy) is 1. The van der Waals surface area contributed by atoms with Gasteiger partial charge in [-0.1, -0.05) is 18.2 Å². The van der Waals surface area contributed by atoms with Crippen LogP contribution < -0.4 is 0 Å². The average molecular weight is 173 g/mol. The zero-order valence-electron chi connectivity index (χ0n) is 7.50. The van der Waals surface area contributed by atoms with Gasteiger partial charge in [-0.25, -0.2) is 0 Å². The van der Waals surface area contributed by atoms with Crippen molar-refractivity contribution in [1.29, 1.82) is 0 Å². The predicted molar refractivity (Wildman–Crippen MR) is 51.6 cm³/mol. The molecule has 1 saturated heterocycles. The quantitative estimate of drug-likeness (QED) is 0.659. The molecule has 2 heterocycles. The van der Waals surface area contributed by atoms with Crippen LogP contribution in [0, 0.1) is 0 Å². The lowest BCUT2D eigenvalue weighted by molar-refractivity contribution is 0.331. The van der Waals surface area contributed by atoms with E-state index in [2.05, 4.69) is 36.2 Å². The van der Waals surface area contributed by atoms with Gasteiger partial charge in [0.05, 0.1) is 12.1 Å². The van der Waals surface area contributed by atoms with Crippen molar-refractivity contribution in [3.8, 4) is 0 Å². The van der Waals surface area contributed by atoms with Gasteiger partial charge < -0.3 is 9.72 Å². The molecule has 1 aliphatic heterocycles. The van der Waals surface area contributed by atoms with Crippen LogP contribution in [0.25, 0.3) is 10.9 Å². The van der Waals surface area contributed by atoms with E-state index < -0.39 is 0 Å². The van der Waals surface area contributed by atoms with E-state index in [-0.39, 0.29) is 5.60 Å². The fraction of sp³-hybridized carbons (Fsp3) is 0.273. The lowest BCUT2D eigenvalue weighted by Crippen LogP contribution is -2.02. The van der Waals surface area contributed by atoms with Gasteiger partial charge >= 0.3 is 0 Å². The molecule has 1 aromatic heterocycles. The number of hydrogen-bond acceptors (Lipinski definition) is 1. The number of fused-ring (bicyclic) bond motifs is 1. The summed E-state index contributed by atoms with van der Waals surface area (Å²) < 4.78 is 5.44. The summed E-state index contributed by atoms with van der Waals surface area (Å²) in [6.07, 6.45) is 1.97. The summed E-state index contributed by atoms with van der Waals surface area (Å²) in [5.41, 5.74) is 2.45. The first kappa shape index (κ1) is 7.15. The van der Waals surface area contributed by atoms with Crippen LogP contribution in [0.3, 0.4) is 0 Å².